The van der Waals surface area contributed by atoms with E-state index in [0.717, 1.165) is 32.0 Å². The van der Waals surface area contributed by atoms with Gasteiger partial charge in [0.1, 0.15) is 9.84 Å². The van der Waals surface area contributed by atoms with Gasteiger partial charge in [0.05, 0.1) is 5.75 Å². The third kappa shape index (κ3) is 3.62. The SMILES string of the molecule is CCS(=O)(=O)CCCN1CC(C2CC2)NCC12CCCC2. The van der Waals surface area contributed by atoms with Crippen molar-refractivity contribution in [3.05, 3.63) is 0 Å². The van der Waals surface area contributed by atoms with Gasteiger partial charge in [0.25, 0.3) is 0 Å². The van der Waals surface area contributed by atoms with Crippen LogP contribution in [0.25, 0.3) is 0 Å². The Morgan fingerprint density at radius 3 is 2.57 bits per heavy atom. The minimum absolute atomic E-state index is 0.282. The van der Waals surface area contributed by atoms with E-state index < -0.39 is 9.84 Å². The summed E-state index contributed by atoms with van der Waals surface area (Å²) in [5, 5.41) is 3.80. The third-order valence-corrected chi connectivity index (χ3v) is 7.62. The zero-order valence-electron chi connectivity index (χ0n) is 13.3. The van der Waals surface area contributed by atoms with Gasteiger partial charge in [0.2, 0.25) is 0 Å². The van der Waals surface area contributed by atoms with Crippen molar-refractivity contribution in [3.8, 4) is 0 Å². The van der Waals surface area contributed by atoms with Crippen molar-refractivity contribution in [2.45, 2.75) is 63.5 Å². The van der Waals surface area contributed by atoms with E-state index in [0.29, 0.717) is 17.3 Å². The lowest BCUT2D eigenvalue weighted by molar-refractivity contribution is 0.0386. The van der Waals surface area contributed by atoms with E-state index >= 15 is 0 Å². The van der Waals surface area contributed by atoms with Crippen molar-refractivity contribution in [1.29, 1.82) is 0 Å². The zero-order chi connectivity index (χ0) is 14.9. The van der Waals surface area contributed by atoms with Crippen LogP contribution in [0.1, 0.15) is 51.9 Å². The molecule has 1 saturated heterocycles. The molecule has 3 aliphatic rings. The Bertz CT molecular complexity index is 453. The summed E-state index contributed by atoms with van der Waals surface area (Å²) in [6.45, 7) is 4.97. The van der Waals surface area contributed by atoms with Gasteiger partial charge in [-0.15, -0.1) is 0 Å². The van der Waals surface area contributed by atoms with Crippen molar-refractivity contribution < 1.29 is 8.42 Å². The van der Waals surface area contributed by atoms with Crippen molar-refractivity contribution in [2.75, 3.05) is 31.1 Å². The highest BCUT2D eigenvalue weighted by atomic mass is 32.2. The predicted molar refractivity (Wildman–Crippen MR) is 86.2 cm³/mol. The van der Waals surface area contributed by atoms with Crippen molar-refractivity contribution in [3.63, 3.8) is 0 Å². The summed E-state index contributed by atoms with van der Waals surface area (Å²) < 4.78 is 23.4. The minimum Gasteiger partial charge on any atom is -0.311 e. The van der Waals surface area contributed by atoms with E-state index in [1.807, 2.05) is 0 Å². The summed E-state index contributed by atoms with van der Waals surface area (Å²) in [7, 11) is -2.82. The highest BCUT2D eigenvalue weighted by molar-refractivity contribution is 7.91. The Hall–Kier alpha value is -0.130. The van der Waals surface area contributed by atoms with Crippen molar-refractivity contribution in [2.24, 2.45) is 5.92 Å². The van der Waals surface area contributed by atoms with Crippen LogP contribution < -0.4 is 5.32 Å². The van der Waals surface area contributed by atoms with E-state index in [9.17, 15) is 8.42 Å². The van der Waals surface area contributed by atoms with Crippen molar-refractivity contribution in [1.82, 2.24) is 10.2 Å². The Balaban J connectivity index is 1.60. The van der Waals surface area contributed by atoms with E-state index in [4.69, 9.17) is 0 Å². The lowest BCUT2D eigenvalue weighted by Gasteiger charge is -2.48. The molecule has 1 spiro atoms. The second-order valence-electron chi connectivity index (χ2n) is 7.29. The molecular formula is C16H30N2O2S. The molecule has 0 aromatic rings. The van der Waals surface area contributed by atoms with Crippen LogP contribution in [0.2, 0.25) is 0 Å². The van der Waals surface area contributed by atoms with Crippen LogP contribution in [0.3, 0.4) is 0 Å². The number of nitrogens with zero attached hydrogens (tertiary/aromatic N) is 1. The van der Waals surface area contributed by atoms with Crippen LogP contribution in [-0.4, -0.2) is 56.0 Å². The molecule has 4 nitrogen and oxygen atoms in total. The molecule has 0 bridgehead atoms. The number of rotatable bonds is 6. The van der Waals surface area contributed by atoms with E-state index in [1.165, 1.54) is 38.5 Å². The predicted octanol–water partition coefficient (Wildman–Crippen LogP) is 1.81. The average Bonchev–Trinajstić information content (AvgIpc) is 3.21. The number of sulfone groups is 1. The summed E-state index contributed by atoms with van der Waals surface area (Å²) in [4.78, 5) is 2.66. The maximum atomic E-state index is 11.7. The fraction of sp³-hybridized carbons (Fsp3) is 1.00. The second-order valence-corrected chi connectivity index (χ2v) is 9.76. The highest BCUT2D eigenvalue weighted by Gasteiger charge is 2.46. The lowest BCUT2D eigenvalue weighted by atomic mass is 9.89. The molecule has 1 aliphatic heterocycles. The standard InChI is InChI=1S/C16H30N2O2S/c1-2-21(19,20)11-5-10-18-12-15(14-6-7-14)17-13-16(18)8-3-4-9-16/h14-15,17H,2-13H2,1H3. The maximum absolute atomic E-state index is 11.7. The molecule has 0 aromatic heterocycles. The topological polar surface area (TPSA) is 49.4 Å². The molecule has 2 aliphatic carbocycles. The molecule has 0 radical (unpaired) electrons. The molecule has 1 unspecified atom stereocenters. The minimum atomic E-state index is -2.82. The van der Waals surface area contributed by atoms with Gasteiger partial charge in [0, 0.05) is 30.4 Å². The van der Waals surface area contributed by atoms with Gasteiger partial charge < -0.3 is 5.32 Å². The third-order valence-electron chi connectivity index (χ3n) is 5.83. The Labute approximate surface area is 129 Å². The molecule has 3 rings (SSSR count). The molecule has 0 amide bonds. The Morgan fingerprint density at radius 2 is 1.95 bits per heavy atom. The number of hydrogen-bond acceptors (Lipinski definition) is 4. The highest BCUT2D eigenvalue weighted by Crippen LogP contribution is 2.41. The van der Waals surface area contributed by atoms with Gasteiger partial charge >= 0.3 is 0 Å². The molecule has 1 N–H and O–H groups in total. The molecule has 21 heavy (non-hydrogen) atoms. The summed E-state index contributed by atoms with van der Waals surface area (Å²) in [5.41, 5.74) is 0.335. The van der Waals surface area contributed by atoms with Crippen LogP contribution in [0.4, 0.5) is 0 Å². The molecule has 1 atom stereocenters. The molecular weight excluding hydrogens is 284 g/mol. The van der Waals surface area contributed by atoms with Gasteiger partial charge in [0.15, 0.2) is 0 Å². The lowest BCUT2D eigenvalue weighted by Crippen LogP contribution is -2.64. The molecule has 2 saturated carbocycles. The summed E-state index contributed by atoms with van der Waals surface area (Å²) in [6.07, 6.45) is 8.80. The summed E-state index contributed by atoms with van der Waals surface area (Å²) in [5.74, 6) is 1.52. The number of hydrogen-bond donors (Lipinski definition) is 1. The Kier molecular flexibility index (Phi) is 4.63. The first kappa shape index (κ1) is 15.8. The molecule has 1 heterocycles. The quantitative estimate of drug-likeness (QED) is 0.812. The largest absolute Gasteiger partial charge is 0.311 e. The van der Waals surface area contributed by atoms with Crippen LogP contribution in [0, 0.1) is 5.92 Å². The van der Waals surface area contributed by atoms with Crippen LogP contribution >= 0.6 is 0 Å². The Morgan fingerprint density at radius 1 is 1.24 bits per heavy atom. The fourth-order valence-corrected chi connectivity index (χ4v) is 5.07. The van der Waals surface area contributed by atoms with Gasteiger partial charge in [-0.3, -0.25) is 4.90 Å². The van der Waals surface area contributed by atoms with Gasteiger partial charge in [-0.05, 0) is 44.6 Å². The second kappa shape index (κ2) is 6.17. The zero-order valence-corrected chi connectivity index (χ0v) is 14.1. The smallest absolute Gasteiger partial charge is 0.150 e. The van der Waals surface area contributed by atoms with Gasteiger partial charge in [-0.25, -0.2) is 8.42 Å². The van der Waals surface area contributed by atoms with Crippen LogP contribution in [-0.2, 0) is 9.84 Å². The van der Waals surface area contributed by atoms with Crippen LogP contribution in [0.5, 0.6) is 0 Å². The van der Waals surface area contributed by atoms with Gasteiger partial charge in [-0.2, -0.15) is 0 Å². The van der Waals surface area contributed by atoms with Gasteiger partial charge in [-0.1, -0.05) is 19.8 Å². The summed E-state index contributed by atoms with van der Waals surface area (Å²) >= 11 is 0. The first-order valence-corrected chi connectivity index (χ1v) is 10.6. The van der Waals surface area contributed by atoms with E-state index in [1.54, 1.807) is 6.92 Å². The van der Waals surface area contributed by atoms with Crippen molar-refractivity contribution >= 4 is 9.84 Å². The van der Waals surface area contributed by atoms with E-state index in [-0.39, 0.29) is 5.75 Å². The number of nitrogens with one attached hydrogen (secondary N) is 1. The first-order chi connectivity index (χ1) is 10.0. The number of piperazine rings is 1. The normalized spacial score (nSPS) is 30.0. The maximum Gasteiger partial charge on any atom is 0.150 e. The molecule has 3 fully saturated rings. The molecule has 5 heteroatoms. The van der Waals surface area contributed by atoms with E-state index in [2.05, 4.69) is 10.2 Å². The molecule has 0 aromatic carbocycles. The monoisotopic (exact) mass is 314 g/mol. The molecule has 122 valence electrons. The first-order valence-electron chi connectivity index (χ1n) is 8.73. The average molecular weight is 314 g/mol. The fourth-order valence-electron chi connectivity index (χ4n) is 4.22. The van der Waals surface area contributed by atoms with Crippen LogP contribution in [0.15, 0.2) is 0 Å². The summed E-state index contributed by atoms with van der Waals surface area (Å²) in [6, 6.07) is 0.652.